The van der Waals surface area contributed by atoms with Gasteiger partial charge in [0.25, 0.3) is 0 Å². The first-order valence-corrected chi connectivity index (χ1v) is 7.82. The number of rotatable bonds is 7. The molecule has 0 heterocycles. The van der Waals surface area contributed by atoms with Gasteiger partial charge in [-0.1, -0.05) is 18.6 Å². The fourth-order valence-electron chi connectivity index (χ4n) is 1.49. The van der Waals surface area contributed by atoms with Crippen LogP contribution >= 0.6 is 7.60 Å². The Morgan fingerprint density at radius 2 is 1.83 bits per heavy atom. The molecule has 0 aromatic carbocycles. The third kappa shape index (κ3) is 5.47. The van der Waals surface area contributed by atoms with Crippen molar-refractivity contribution in [1.82, 2.24) is 0 Å². The first-order valence-electron chi connectivity index (χ1n) is 6.20. The SMILES string of the molecule is CC(C)=CCC[C@@H](C)CC(=O)C(C)(C)P(=O)(O)O. The highest BCUT2D eigenvalue weighted by molar-refractivity contribution is 7.54. The summed E-state index contributed by atoms with van der Waals surface area (Å²) in [5.74, 6) is -0.223. The van der Waals surface area contributed by atoms with E-state index in [1.165, 1.54) is 19.4 Å². The lowest BCUT2D eigenvalue weighted by molar-refractivity contribution is -0.122. The molecule has 0 aliphatic heterocycles. The quantitative estimate of drug-likeness (QED) is 0.552. The van der Waals surface area contributed by atoms with Crippen LogP contribution in [0.1, 0.15) is 53.9 Å². The van der Waals surface area contributed by atoms with E-state index in [1.807, 2.05) is 20.8 Å². The van der Waals surface area contributed by atoms with E-state index in [1.54, 1.807) is 0 Å². The highest BCUT2D eigenvalue weighted by Gasteiger charge is 2.44. The van der Waals surface area contributed by atoms with Gasteiger partial charge in [0.05, 0.1) is 0 Å². The van der Waals surface area contributed by atoms with Crippen LogP contribution < -0.4 is 0 Å². The summed E-state index contributed by atoms with van der Waals surface area (Å²) in [7, 11) is -4.38. The molecule has 0 unspecified atom stereocenters. The minimum absolute atomic E-state index is 0.138. The zero-order valence-corrected chi connectivity index (χ0v) is 12.8. The smallest absolute Gasteiger partial charge is 0.324 e. The molecule has 0 aliphatic rings. The average Bonchev–Trinajstić information content (AvgIpc) is 2.14. The van der Waals surface area contributed by atoms with Crippen LogP contribution in [-0.4, -0.2) is 20.7 Å². The zero-order valence-electron chi connectivity index (χ0n) is 11.9. The van der Waals surface area contributed by atoms with Crippen LogP contribution in [0.4, 0.5) is 0 Å². The molecule has 0 radical (unpaired) electrons. The van der Waals surface area contributed by atoms with Gasteiger partial charge >= 0.3 is 7.60 Å². The molecule has 0 fully saturated rings. The summed E-state index contributed by atoms with van der Waals surface area (Å²) in [4.78, 5) is 30.2. The van der Waals surface area contributed by atoms with Crippen molar-refractivity contribution in [2.75, 3.05) is 0 Å². The summed E-state index contributed by atoms with van der Waals surface area (Å²) in [6, 6.07) is 0. The Morgan fingerprint density at radius 3 is 2.22 bits per heavy atom. The minimum atomic E-state index is -4.38. The van der Waals surface area contributed by atoms with E-state index < -0.39 is 12.8 Å². The third-order valence-electron chi connectivity index (χ3n) is 3.16. The van der Waals surface area contributed by atoms with Crippen LogP contribution in [0, 0.1) is 5.92 Å². The van der Waals surface area contributed by atoms with Crippen LogP contribution in [-0.2, 0) is 9.36 Å². The van der Waals surface area contributed by atoms with Crippen molar-refractivity contribution in [3.63, 3.8) is 0 Å². The third-order valence-corrected chi connectivity index (χ3v) is 4.86. The van der Waals surface area contributed by atoms with Gasteiger partial charge < -0.3 is 9.79 Å². The van der Waals surface area contributed by atoms with Crippen molar-refractivity contribution in [1.29, 1.82) is 0 Å². The van der Waals surface area contributed by atoms with Crippen LogP contribution in [0.2, 0.25) is 0 Å². The second kappa shape index (κ2) is 6.65. The summed E-state index contributed by atoms with van der Waals surface area (Å²) in [6.07, 6.45) is 4.07. The van der Waals surface area contributed by atoms with E-state index in [4.69, 9.17) is 9.79 Å². The van der Waals surface area contributed by atoms with Gasteiger partial charge in [0.1, 0.15) is 5.16 Å². The lowest BCUT2D eigenvalue weighted by atomic mass is 9.93. The second-order valence-corrected chi connectivity index (χ2v) is 7.90. The molecule has 0 rings (SSSR count). The fourth-order valence-corrected chi connectivity index (χ4v) is 1.90. The Balaban J connectivity index is 4.41. The molecule has 5 heteroatoms. The first kappa shape index (κ1) is 17.6. The molecule has 1 atom stereocenters. The van der Waals surface area contributed by atoms with Crippen LogP contribution in [0.15, 0.2) is 11.6 Å². The van der Waals surface area contributed by atoms with Gasteiger partial charge in [0.2, 0.25) is 0 Å². The van der Waals surface area contributed by atoms with Gasteiger partial charge in [-0.15, -0.1) is 0 Å². The Hall–Kier alpha value is -0.440. The van der Waals surface area contributed by atoms with Gasteiger partial charge in [0.15, 0.2) is 5.78 Å². The maximum absolute atomic E-state index is 11.9. The van der Waals surface area contributed by atoms with Crippen molar-refractivity contribution in [2.24, 2.45) is 5.92 Å². The summed E-state index contributed by atoms with van der Waals surface area (Å²) in [5.41, 5.74) is 1.24. The minimum Gasteiger partial charge on any atom is -0.324 e. The topological polar surface area (TPSA) is 74.6 Å². The van der Waals surface area contributed by atoms with Crippen molar-refractivity contribution < 1.29 is 19.1 Å². The molecule has 0 aromatic rings. The highest BCUT2D eigenvalue weighted by Crippen LogP contribution is 2.51. The van der Waals surface area contributed by atoms with Gasteiger partial charge in [-0.3, -0.25) is 9.36 Å². The molecule has 2 N–H and O–H groups in total. The van der Waals surface area contributed by atoms with E-state index >= 15 is 0 Å². The molecule has 0 amide bonds. The lowest BCUT2D eigenvalue weighted by Crippen LogP contribution is -2.32. The van der Waals surface area contributed by atoms with E-state index in [-0.39, 0.29) is 18.1 Å². The summed E-state index contributed by atoms with van der Waals surface area (Å²) in [5, 5.41) is -1.57. The monoisotopic (exact) mass is 276 g/mol. The number of ketones is 1. The molecule has 0 bridgehead atoms. The van der Waals surface area contributed by atoms with Crippen LogP contribution in [0.25, 0.3) is 0 Å². The molecule has 0 aliphatic carbocycles. The Kier molecular flexibility index (Phi) is 6.48. The van der Waals surface area contributed by atoms with Crippen molar-refractivity contribution in [3.05, 3.63) is 11.6 Å². The van der Waals surface area contributed by atoms with Crippen molar-refractivity contribution in [2.45, 2.75) is 59.0 Å². The highest BCUT2D eigenvalue weighted by atomic mass is 31.2. The summed E-state index contributed by atoms with van der Waals surface area (Å²) in [6.45, 7) is 8.61. The number of Topliss-reactive ketones (excluding diaryl/α,β-unsaturated/α-hetero) is 1. The van der Waals surface area contributed by atoms with E-state index in [2.05, 4.69) is 6.08 Å². The molecule has 0 aromatic heterocycles. The number of hydrogen-bond donors (Lipinski definition) is 2. The van der Waals surface area contributed by atoms with E-state index in [9.17, 15) is 9.36 Å². The lowest BCUT2D eigenvalue weighted by Gasteiger charge is -2.25. The number of allylic oxidation sites excluding steroid dienone is 2. The number of carbonyl (C=O) groups is 1. The van der Waals surface area contributed by atoms with E-state index in [0.717, 1.165) is 12.8 Å². The van der Waals surface area contributed by atoms with Gasteiger partial charge in [-0.05, 0) is 46.5 Å². The maximum Gasteiger partial charge on any atom is 0.338 e. The van der Waals surface area contributed by atoms with E-state index in [0.29, 0.717) is 0 Å². The molecule has 0 saturated heterocycles. The van der Waals surface area contributed by atoms with Crippen molar-refractivity contribution in [3.8, 4) is 0 Å². The normalized spacial score (nSPS) is 14.2. The predicted molar refractivity (Wildman–Crippen MR) is 73.6 cm³/mol. The molecule has 0 saturated carbocycles. The molecule has 106 valence electrons. The average molecular weight is 276 g/mol. The Labute approximate surface area is 110 Å². The summed E-state index contributed by atoms with van der Waals surface area (Å²) >= 11 is 0. The molecule has 0 spiro atoms. The Morgan fingerprint density at radius 1 is 1.33 bits per heavy atom. The second-order valence-electron chi connectivity index (χ2n) is 5.69. The Bertz CT molecular complexity index is 361. The number of carbonyl (C=O) groups excluding carboxylic acids is 1. The number of hydrogen-bond acceptors (Lipinski definition) is 2. The van der Waals surface area contributed by atoms with Gasteiger partial charge in [0, 0.05) is 6.42 Å². The molecular formula is C13H25O4P. The molecular weight excluding hydrogens is 251 g/mol. The van der Waals surface area contributed by atoms with Gasteiger partial charge in [-0.25, -0.2) is 0 Å². The van der Waals surface area contributed by atoms with Crippen molar-refractivity contribution >= 4 is 13.4 Å². The van der Waals surface area contributed by atoms with Crippen LogP contribution in [0.3, 0.4) is 0 Å². The maximum atomic E-state index is 11.9. The molecule has 18 heavy (non-hydrogen) atoms. The molecule has 4 nitrogen and oxygen atoms in total. The predicted octanol–water partition coefficient (Wildman–Crippen LogP) is 3.28. The van der Waals surface area contributed by atoms with Crippen LogP contribution in [0.5, 0.6) is 0 Å². The van der Waals surface area contributed by atoms with Gasteiger partial charge in [-0.2, -0.15) is 0 Å². The standard InChI is InChI=1S/C13H25O4P/c1-10(2)7-6-8-11(3)9-12(14)13(4,5)18(15,16)17/h7,11H,6,8-9H2,1-5H3,(H2,15,16,17)/t11-/m1/s1. The largest absolute Gasteiger partial charge is 0.338 e. The summed E-state index contributed by atoms with van der Waals surface area (Å²) < 4.78 is 11.2. The zero-order chi connectivity index (χ0) is 14.6. The fraction of sp³-hybridized carbons (Fsp3) is 0.769. The first-order chi connectivity index (χ1) is 7.98.